The number of nitrogens with zero attached hydrogens (tertiary/aromatic N) is 2. The van der Waals surface area contributed by atoms with E-state index >= 15 is 0 Å². The molecule has 1 heterocycles. The molecule has 144 valence electrons. The van der Waals surface area contributed by atoms with Crippen molar-refractivity contribution in [2.24, 2.45) is 0 Å². The number of hydrogen-bond donors (Lipinski definition) is 0. The van der Waals surface area contributed by atoms with E-state index in [0.29, 0.717) is 33.2 Å². The highest BCUT2D eigenvalue weighted by Gasteiger charge is 2.38. The van der Waals surface area contributed by atoms with E-state index in [9.17, 15) is 23.1 Å². The molecule has 0 radical (unpaired) electrons. The molecule has 0 unspecified atom stereocenters. The van der Waals surface area contributed by atoms with Gasteiger partial charge in [0.2, 0.25) is 0 Å². The number of carboxylic acids is 1. The number of carbonyl (C=O) groups excluding carboxylic acids is 1. The summed E-state index contributed by atoms with van der Waals surface area (Å²) in [5.74, 6) is -1.79. The van der Waals surface area contributed by atoms with Crippen molar-refractivity contribution < 1.29 is 23.1 Å². The Morgan fingerprint density at radius 3 is 2.79 bits per heavy atom. The summed E-state index contributed by atoms with van der Waals surface area (Å²) in [5, 5.41) is 16.3. The molecule has 1 aliphatic rings. The summed E-state index contributed by atoms with van der Waals surface area (Å²) < 4.78 is 40.9. The number of alkyl halides is 2. The summed E-state index contributed by atoms with van der Waals surface area (Å²) in [7, 11) is 0. The summed E-state index contributed by atoms with van der Waals surface area (Å²) in [6.07, 6.45) is 3.53. The Bertz CT molecular complexity index is 1120. The van der Waals surface area contributed by atoms with Crippen molar-refractivity contribution in [3.8, 4) is 0 Å². The summed E-state index contributed by atoms with van der Waals surface area (Å²) in [5.41, 5.74) is 0.737. The highest BCUT2D eigenvalue weighted by Crippen LogP contribution is 2.44. The fraction of sp³-hybridized carbons (Fsp3) is 0.238. The quantitative estimate of drug-likeness (QED) is 0.687. The zero-order valence-corrected chi connectivity index (χ0v) is 15.0. The van der Waals surface area contributed by atoms with Crippen LogP contribution in [0.1, 0.15) is 36.1 Å². The molecule has 1 aliphatic carbocycles. The lowest BCUT2D eigenvalue weighted by Crippen LogP contribution is -2.43. The molecular weight excluding hydrogens is 369 g/mol. The van der Waals surface area contributed by atoms with E-state index in [0.717, 1.165) is 0 Å². The smallest absolute Gasteiger partial charge is 0.333 e. The Labute approximate surface area is 158 Å². The Kier molecular flexibility index (Phi) is 4.25. The van der Waals surface area contributed by atoms with Crippen LogP contribution < -0.4 is 5.11 Å². The number of carbonyl (C=O) groups is 1. The number of aromatic nitrogens is 2. The highest BCUT2D eigenvalue weighted by molar-refractivity contribution is 5.90. The predicted molar refractivity (Wildman–Crippen MR) is 96.0 cm³/mol. The Hall–Kier alpha value is -3.09. The second-order valence-corrected chi connectivity index (χ2v) is 6.98. The molecule has 0 bridgehead atoms. The van der Waals surface area contributed by atoms with Gasteiger partial charge < -0.3 is 9.90 Å². The van der Waals surface area contributed by atoms with E-state index in [1.165, 1.54) is 25.3 Å². The van der Waals surface area contributed by atoms with Gasteiger partial charge in [-0.2, -0.15) is 13.9 Å². The molecule has 28 heavy (non-hydrogen) atoms. The highest BCUT2D eigenvalue weighted by atomic mass is 19.3. The van der Waals surface area contributed by atoms with E-state index in [1.807, 2.05) is 0 Å². The van der Waals surface area contributed by atoms with Crippen LogP contribution in [0.25, 0.3) is 16.5 Å². The SMILES string of the molecule is Cc1c(F)cccc1[C@@]1(C(=O)[O-])C=C(c2ccc3cnn(C(F)F)c3c2)CC1. The maximum absolute atomic E-state index is 14.0. The minimum Gasteiger partial charge on any atom is -0.549 e. The molecule has 0 fully saturated rings. The van der Waals surface area contributed by atoms with Gasteiger partial charge in [-0.05, 0) is 54.2 Å². The van der Waals surface area contributed by atoms with Gasteiger partial charge in [0.25, 0.3) is 0 Å². The topological polar surface area (TPSA) is 57.9 Å². The standard InChI is InChI=1S/C21H17F3N2O2/c1-12-16(3-2-4-17(12)22)21(19(27)28)8-7-14(10-21)13-5-6-15-11-25-26(20(23)24)18(15)9-13/h2-6,9-11,20H,7-8H2,1H3,(H,27,28)/p-1/t21-/m0/s1. The van der Waals surface area contributed by atoms with Crippen molar-refractivity contribution in [2.75, 3.05) is 0 Å². The molecule has 1 atom stereocenters. The summed E-state index contributed by atoms with van der Waals surface area (Å²) in [6.45, 7) is -1.24. The first-order valence-electron chi connectivity index (χ1n) is 8.78. The lowest BCUT2D eigenvalue weighted by Gasteiger charge is -2.30. The lowest BCUT2D eigenvalue weighted by molar-refractivity contribution is -0.311. The van der Waals surface area contributed by atoms with Gasteiger partial charge >= 0.3 is 6.55 Å². The third-order valence-electron chi connectivity index (χ3n) is 5.48. The summed E-state index contributed by atoms with van der Waals surface area (Å²) >= 11 is 0. The Morgan fingerprint density at radius 2 is 2.07 bits per heavy atom. The number of aliphatic carboxylic acids is 1. The maximum atomic E-state index is 14.0. The van der Waals surface area contributed by atoms with E-state index < -0.39 is 23.8 Å². The maximum Gasteiger partial charge on any atom is 0.333 e. The molecule has 0 saturated heterocycles. The van der Waals surface area contributed by atoms with Gasteiger partial charge in [-0.15, -0.1) is 0 Å². The van der Waals surface area contributed by atoms with Crippen molar-refractivity contribution in [2.45, 2.75) is 31.7 Å². The molecule has 1 aromatic heterocycles. The van der Waals surface area contributed by atoms with Gasteiger partial charge in [0.15, 0.2) is 0 Å². The fourth-order valence-corrected chi connectivity index (χ4v) is 3.97. The molecule has 0 amide bonds. The molecule has 2 aromatic carbocycles. The molecule has 4 rings (SSSR count). The zero-order chi connectivity index (χ0) is 20.1. The normalized spacial score (nSPS) is 19.4. The summed E-state index contributed by atoms with van der Waals surface area (Å²) in [6, 6.07) is 9.33. The number of rotatable bonds is 4. The third-order valence-corrected chi connectivity index (χ3v) is 5.48. The van der Waals surface area contributed by atoms with E-state index in [1.54, 1.807) is 30.3 Å². The molecule has 3 aromatic rings. The van der Waals surface area contributed by atoms with E-state index in [2.05, 4.69) is 5.10 Å². The van der Waals surface area contributed by atoms with Crippen LogP contribution >= 0.6 is 0 Å². The van der Waals surface area contributed by atoms with Crippen molar-refractivity contribution in [3.05, 3.63) is 71.2 Å². The van der Waals surface area contributed by atoms with E-state index in [4.69, 9.17) is 0 Å². The minimum absolute atomic E-state index is 0.209. The summed E-state index contributed by atoms with van der Waals surface area (Å²) in [4.78, 5) is 12.1. The first kappa shape index (κ1) is 18.3. The number of carboxylic acid groups (broad SMARTS) is 1. The largest absolute Gasteiger partial charge is 0.549 e. The molecular formula is C21H16F3N2O2-. The van der Waals surface area contributed by atoms with Crippen molar-refractivity contribution in [1.29, 1.82) is 0 Å². The number of halogens is 3. The average molecular weight is 385 g/mol. The van der Waals surface area contributed by atoms with Gasteiger partial charge in [0, 0.05) is 5.39 Å². The predicted octanol–water partition coefficient (Wildman–Crippen LogP) is 3.74. The van der Waals surface area contributed by atoms with Crippen molar-refractivity contribution in [1.82, 2.24) is 9.78 Å². The Balaban J connectivity index is 1.84. The zero-order valence-electron chi connectivity index (χ0n) is 15.0. The van der Waals surface area contributed by atoms with Gasteiger partial charge in [0.1, 0.15) is 5.82 Å². The Morgan fingerprint density at radius 1 is 1.29 bits per heavy atom. The van der Waals surface area contributed by atoms with Crippen LogP contribution in [0.4, 0.5) is 13.2 Å². The second-order valence-electron chi connectivity index (χ2n) is 6.98. The van der Waals surface area contributed by atoms with Crippen molar-refractivity contribution in [3.63, 3.8) is 0 Å². The van der Waals surface area contributed by atoms with Crippen LogP contribution in [0.3, 0.4) is 0 Å². The van der Waals surface area contributed by atoms with Crippen LogP contribution in [0.15, 0.2) is 48.7 Å². The molecule has 4 nitrogen and oxygen atoms in total. The third kappa shape index (κ3) is 2.69. The molecule has 0 saturated carbocycles. The first-order chi connectivity index (χ1) is 13.3. The van der Waals surface area contributed by atoms with Crippen LogP contribution in [0, 0.1) is 12.7 Å². The fourth-order valence-electron chi connectivity index (χ4n) is 3.97. The van der Waals surface area contributed by atoms with Crippen molar-refractivity contribution >= 4 is 22.4 Å². The van der Waals surface area contributed by atoms with E-state index in [-0.39, 0.29) is 17.5 Å². The first-order valence-corrected chi connectivity index (χ1v) is 8.78. The average Bonchev–Trinajstić information content (AvgIpc) is 3.28. The molecule has 0 spiro atoms. The number of benzene rings is 2. The molecule has 7 heteroatoms. The molecule has 0 N–H and O–H groups in total. The van der Waals surface area contributed by atoms with Crippen LogP contribution in [0.2, 0.25) is 0 Å². The van der Waals surface area contributed by atoms with Gasteiger partial charge in [0.05, 0.1) is 23.1 Å². The van der Waals surface area contributed by atoms with Gasteiger partial charge in [-0.25, -0.2) is 9.07 Å². The van der Waals surface area contributed by atoms with Crippen LogP contribution in [-0.2, 0) is 10.2 Å². The number of fused-ring (bicyclic) bond motifs is 1. The second kappa shape index (κ2) is 6.51. The molecule has 0 aliphatic heterocycles. The number of hydrogen-bond acceptors (Lipinski definition) is 3. The lowest BCUT2D eigenvalue weighted by atomic mass is 9.78. The van der Waals surface area contributed by atoms with Gasteiger partial charge in [-0.1, -0.05) is 30.3 Å². The monoisotopic (exact) mass is 385 g/mol. The van der Waals surface area contributed by atoms with Crippen LogP contribution in [-0.4, -0.2) is 15.7 Å². The number of allylic oxidation sites excluding steroid dienone is 1. The van der Waals surface area contributed by atoms with Gasteiger partial charge in [-0.3, -0.25) is 0 Å². The van der Waals surface area contributed by atoms with Crippen LogP contribution in [0.5, 0.6) is 0 Å². The minimum atomic E-state index is -2.78.